The summed E-state index contributed by atoms with van der Waals surface area (Å²) >= 11 is 5.97. The van der Waals surface area contributed by atoms with E-state index in [9.17, 15) is 14.0 Å². The maximum atomic E-state index is 13.9. The lowest BCUT2D eigenvalue weighted by molar-refractivity contribution is -0.123. The van der Waals surface area contributed by atoms with Crippen molar-refractivity contribution < 1.29 is 14.0 Å². The van der Waals surface area contributed by atoms with Crippen molar-refractivity contribution in [2.45, 2.75) is 37.6 Å². The van der Waals surface area contributed by atoms with Crippen LogP contribution in [0.1, 0.15) is 42.5 Å². The van der Waals surface area contributed by atoms with Gasteiger partial charge in [-0.3, -0.25) is 9.59 Å². The maximum Gasteiger partial charge on any atom is 0.255 e. The largest absolute Gasteiger partial charge is 0.338 e. The molecule has 26 heavy (non-hydrogen) atoms. The third kappa shape index (κ3) is 4.05. The Balaban J connectivity index is 1.83. The average Bonchev–Trinajstić information content (AvgIpc) is 2.62. The van der Waals surface area contributed by atoms with E-state index in [1.165, 1.54) is 18.2 Å². The summed E-state index contributed by atoms with van der Waals surface area (Å²) in [5.74, 6) is -1.48. The number of hydrogen-bond acceptors (Lipinski definition) is 2. The van der Waals surface area contributed by atoms with E-state index in [4.69, 9.17) is 11.6 Å². The predicted molar refractivity (Wildman–Crippen MR) is 99.8 cm³/mol. The molecule has 1 aliphatic carbocycles. The third-order valence-electron chi connectivity index (χ3n) is 4.70. The van der Waals surface area contributed by atoms with E-state index >= 15 is 0 Å². The fraction of sp³-hybridized carbons (Fsp3) is 0.300. The molecule has 0 aromatic heterocycles. The van der Waals surface area contributed by atoms with Crippen LogP contribution < -0.4 is 10.6 Å². The van der Waals surface area contributed by atoms with E-state index in [2.05, 4.69) is 10.6 Å². The number of rotatable bonds is 4. The van der Waals surface area contributed by atoms with Crippen molar-refractivity contribution in [1.29, 1.82) is 0 Å². The van der Waals surface area contributed by atoms with Gasteiger partial charge in [0.25, 0.3) is 5.91 Å². The highest BCUT2D eigenvalue weighted by Crippen LogP contribution is 2.30. The van der Waals surface area contributed by atoms with E-state index in [0.717, 1.165) is 19.3 Å². The summed E-state index contributed by atoms with van der Waals surface area (Å²) in [6, 6.07) is 12.6. The van der Waals surface area contributed by atoms with E-state index < -0.39 is 17.3 Å². The summed E-state index contributed by atoms with van der Waals surface area (Å²) in [6.07, 6.45) is 3.67. The zero-order valence-electron chi connectivity index (χ0n) is 14.2. The predicted octanol–water partition coefficient (Wildman–Crippen LogP) is 4.55. The molecule has 1 saturated carbocycles. The Morgan fingerprint density at radius 2 is 1.73 bits per heavy atom. The smallest absolute Gasteiger partial charge is 0.255 e. The Labute approximate surface area is 156 Å². The monoisotopic (exact) mass is 374 g/mol. The summed E-state index contributed by atoms with van der Waals surface area (Å²) in [5, 5.41) is 6.14. The van der Waals surface area contributed by atoms with Crippen LogP contribution in [0.2, 0.25) is 5.02 Å². The van der Waals surface area contributed by atoms with Gasteiger partial charge in [-0.1, -0.05) is 49.1 Å². The van der Waals surface area contributed by atoms with Gasteiger partial charge in [0.1, 0.15) is 11.4 Å². The molecule has 2 amide bonds. The van der Waals surface area contributed by atoms with E-state index in [0.29, 0.717) is 23.6 Å². The first-order chi connectivity index (χ1) is 12.5. The van der Waals surface area contributed by atoms with Crippen LogP contribution >= 0.6 is 11.6 Å². The van der Waals surface area contributed by atoms with Crippen LogP contribution in [0.25, 0.3) is 0 Å². The Morgan fingerprint density at radius 1 is 1.00 bits per heavy atom. The molecule has 0 spiro atoms. The van der Waals surface area contributed by atoms with Gasteiger partial charge in [0.05, 0.1) is 5.56 Å². The summed E-state index contributed by atoms with van der Waals surface area (Å²) in [6.45, 7) is 0. The van der Waals surface area contributed by atoms with Crippen LogP contribution in [-0.4, -0.2) is 17.4 Å². The molecule has 0 unspecified atom stereocenters. The summed E-state index contributed by atoms with van der Waals surface area (Å²) in [4.78, 5) is 25.6. The highest BCUT2D eigenvalue weighted by atomic mass is 35.5. The number of halogens is 2. The second kappa shape index (κ2) is 7.87. The molecule has 136 valence electrons. The van der Waals surface area contributed by atoms with Crippen molar-refractivity contribution in [3.05, 3.63) is 64.9 Å². The summed E-state index contributed by atoms with van der Waals surface area (Å²) in [7, 11) is 0. The molecule has 0 bridgehead atoms. The Bertz CT molecular complexity index is 819. The van der Waals surface area contributed by atoms with Gasteiger partial charge < -0.3 is 10.6 Å². The number of amides is 2. The lowest BCUT2D eigenvalue weighted by atomic mass is 9.80. The molecule has 2 aromatic carbocycles. The highest BCUT2D eigenvalue weighted by Gasteiger charge is 2.41. The number of benzene rings is 2. The van der Waals surface area contributed by atoms with E-state index in [1.54, 1.807) is 30.3 Å². The van der Waals surface area contributed by atoms with Gasteiger partial charge in [-0.15, -0.1) is 0 Å². The molecule has 0 heterocycles. The van der Waals surface area contributed by atoms with Crippen molar-refractivity contribution in [2.75, 3.05) is 5.32 Å². The van der Waals surface area contributed by atoms with Crippen LogP contribution in [0.4, 0.5) is 10.1 Å². The number of anilines is 1. The summed E-state index contributed by atoms with van der Waals surface area (Å²) in [5.41, 5.74) is -0.555. The third-order valence-corrected chi connectivity index (χ3v) is 4.93. The van der Waals surface area contributed by atoms with Gasteiger partial charge in [-0.05, 0) is 43.2 Å². The molecule has 2 N–H and O–H groups in total. The van der Waals surface area contributed by atoms with Gasteiger partial charge in [-0.25, -0.2) is 4.39 Å². The molecule has 0 atom stereocenters. The zero-order chi connectivity index (χ0) is 18.6. The van der Waals surface area contributed by atoms with Crippen molar-refractivity contribution in [3.63, 3.8) is 0 Å². The van der Waals surface area contributed by atoms with Gasteiger partial charge in [-0.2, -0.15) is 0 Å². The number of carbonyl (C=O) groups excluding carboxylic acids is 2. The molecule has 2 aromatic rings. The topological polar surface area (TPSA) is 58.2 Å². The summed E-state index contributed by atoms with van der Waals surface area (Å²) < 4.78 is 13.9. The Morgan fingerprint density at radius 3 is 2.42 bits per heavy atom. The molecule has 3 rings (SSSR count). The molecule has 1 fully saturated rings. The zero-order valence-corrected chi connectivity index (χ0v) is 15.0. The SMILES string of the molecule is O=C(NC1(C(=O)Nc2cccc(Cl)c2)CCCCC1)c1ccccc1F. The fourth-order valence-electron chi connectivity index (χ4n) is 3.31. The van der Waals surface area contributed by atoms with Crippen molar-refractivity contribution in [3.8, 4) is 0 Å². The van der Waals surface area contributed by atoms with Crippen LogP contribution in [0.3, 0.4) is 0 Å². The minimum absolute atomic E-state index is 0.0620. The fourth-order valence-corrected chi connectivity index (χ4v) is 3.50. The quantitative estimate of drug-likeness (QED) is 0.824. The first kappa shape index (κ1) is 18.4. The van der Waals surface area contributed by atoms with Gasteiger partial charge in [0.15, 0.2) is 0 Å². The lowest BCUT2D eigenvalue weighted by Crippen LogP contribution is -2.57. The molecule has 0 aliphatic heterocycles. The van der Waals surface area contributed by atoms with Crippen LogP contribution in [-0.2, 0) is 4.79 Å². The van der Waals surface area contributed by atoms with Crippen LogP contribution in [0.15, 0.2) is 48.5 Å². The van der Waals surface area contributed by atoms with Gasteiger partial charge in [0, 0.05) is 10.7 Å². The highest BCUT2D eigenvalue weighted by molar-refractivity contribution is 6.30. The molecular formula is C20H20ClFN2O2. The Kier molecular flexibility index (Phi) is 5.57. The molecule has 6 heteroatoms. The number of carbonyl (C=O) groups is 2. The Hall–Kier alpha value is -2.40. The minimum Gasteiger partial charge on any atom is -0.338 e. The second-order valence-corrected chi connectivity index (χ2v) is 6.98. The standard InChI is InChI=1S/C20H20ClFN2O2/c21-14-7-6-8-15(13-14)23-19(26)20(11-4-1-5-12-20)24-18(25)16-9-2-3-10-17(16)22/h2-3,6-10,13H,1,4-5,11-12H2,(H,23,26)(H,24,25). The normalized spacial score (nSPS) is 15.9. The first-order valence-electron chi connectivity index (χ1n) is 8.64. The molecule has 0 radical (unpaired) electrons. The van der Waals surface area contributed by atoms with Crippen molar-refractivity contribution in [1.82, 2.24) is 5.32 Å². The van der Waals surface area contributed by atoms with Crippen LogP contribution in [0, 0.1) is 5.82 Å². The van der Waals surface area contributed by atoms with Crippen LogP contribution in [0.5, 0.6) is 0 Å². The molecule has 4 nitrogen and oxygen atoms in total. The number of hydrogen-bond donors (Lipinski definition) is 2. The number of nitrogens with one attached hydrogen (secondary N) is 2. The minimum atomic E-state index is -1.06. The van der Waals surface area contributed by atoms with Crippen molar-refractivity contribution in [2.24, 2.45) is 0 Å². The maximum absolute atomic E-state index is 13.9. The second-order valence-electron chi connectivity index (χ2n) is 6.54. The lowest BCUT2D eigenvalue weighted by Gasteiger charge is -2.36. The van der Waals surface area contributed by atoms with E-state index in [1.807, 2.05) is 0 Å². The molecule has 0 saturated heterocycles. The van der Waals surface area contributed by atoms with Crippen molar-refractivity contribution >= 4 is 29.1 Å². The average molecular weight is 375 g/mol. The van der Waals surface area contributed by atoms with Gasteiger partial charge >= 0.3 is 0 Å². The van der Waals surface area contributed by atoms with E-state index in [-0.39, 0.29) is 11.5 Å². The van der Waals surface area contributed by atoms with Gasteiger partial charge in [0.2, 0.25) is 5.91 Å². The molecule has 1 aliphatic rings. The first-order valence-corrected chi connectivity index (χ1v) is 9.02. The molecular weight excluding hydrogens is 355 g/mol.